The third-order valence-corrected chi connectivity index (χ3v) is 4.39. The van der Waals surface area contributed by atoms with Crippen LogP contribution in [-0.4, -0.2) is 24.7 Å². The van der Waals surface area contributed by atoms with Gasteiger partial charge in [-0.15, -0.1) is 0 Å². The van der Waals surface area contributed by atoms with E-state index in [2.05, 4.69) is 38.0 Å². The van der Waals surface area contributed by atoms with E-state index in [0.29, 0.717) is 11.8 Å². The quantitative estimate of drug-likeness (QED) is 0.830. The van der Waals surface area contributed by atoms with Crippen molar-refractivity contribution in [3.63, 3.8) is 0 Å². The van der Waals surface area contributed by atoms with Crippen molar-refractivity contribution in [1.29, 1.82) is 0 Å². The number of hydrogen-bond acceptors (Lipinski definition) is 3. The van der Waals surface area contributed by atoms with Gasteiger partial charge in [-0.1, -0.05) is 13.8 Å². The van der Waals surface area contributed by atoms with Crippen molar-refractivity contribution < 1.29 is 4.74 Å². The van der Waals surface area contributed by atoms with Gasteiger partial charge in [-0.2, -0.15) is 0 Å². The van der Waals surface area contributed by atoms with Crippen LogP contribution in [0.25, 0.3) is 0 Å². The van der Waals surface area contributed by atoms with Crippen LogP contribution in [0, 0.1) is 25.7 Å². The van der Waals surface area contributed by atoms with E-state index in [1.807, 2.05) is 6.20 Å². The Hall–Kier alpha value is -1.09. The van der Waals surface area contributed by atoms with Gasteiger partial charge in [-0.25, -0.2) is 0 Å². The second-order valence-electron chi connectivity index (χ2n) is 6.44. The summed E-state index contributed by atoms with van der Waals surface area (Å²) >= 11 is 0. The Morgan fingerprint density at radius 1 is 1.35 bits per heavy atom. The molecule has 2 rings (SSSR count). The van der Waals surface area contributed by atoms with Gasteiger partial charge in [0.1, 0.15) is 5.75 Å². The third kappa shape index (κ3) is 3.72. The fourth-order valence-corrected chi connectivity index (χ4v) is 2.67. The average molecular weight is 276 g/mol. The normalized spacial score (nSPS) is 16.5. The van der Waals surface area contributed by atoms with E-state index in [1.54, 1.807) is 7.11 Å². The molecule has 1 saturated carbocycles. The van der Waals surface area contributed by atoms with Gasteiger partial charge in [0, 0.05) is 29.1 Å². The highest BCUT2D eigenvalue weighted by atomic mass is 16.5. The number of rotatable bonds is 7. The van der Waals surface area contributed by atoms with Gasteiger partial charge in [0.05, 0.1) is 7.11 Å². The summed E-state index contributed by atoms with van der Waals surface area (Å²) in [5, 5.41) is 3.66. The molecule has 3 heteroatoms. The third-order valence-electron chi connectivity index (χ3n) is 4.39. The zero-order chi connectivity index (χ0) is 14.7. The Bertz CT molecular complexity index is 453. The molecule has 0 aliphatic heterocycles. The Morgan fingerprint density at radius 2 is 2.05 bits per heavy atom. The molecule has 1 aromatic heterocycles. The van der Waals surface area contributed by atoms with Gasteiger partial charge >= 0.3 is 0 Å². The first-order valence-corrected chi connectivity index (χ1v) is 7.75. The van der Waals surface area contributed by atoms with Crippen molar-refractivity contribution >= 4 is 0 Å². The molecule has 1 fully saturated rings. The van der Waals surface area contributed by atoms with E-state index in [-0.39, 0.29) is 0 Å². The van der Waals surface area contributed by atoms with Crippen molar-refractivity contribution in [1.82, 2.24) is 10.3 Å². The molecule has 0 radical (unpaired) electrons. The molecule has 1 aliphatic carbocycles. The Balaban J connectivity index is 2.08. The van der Waals surface area contributed by atoms with E-state index < -0.39 is 0 Å². The maximum Gasteiger partial charge on any atom is 0.128 e. The molecule has 0 saturated heterocycles. The Labute approximate surface area is 123 Å². The molecule has 0 aromatic carbocycles. The van der Waals surface area contributed by atoms with Crippen molar-refractivity contribution in [2.75, 3.05) is 13.7 Å². The standard InChI is InChI=1S/C17H28N2O/c1-11(2)14(10-18-15-6-7-15)8-16-13(4)17(20-5)12(3)9-19-16/h9,11,14-15,18H,6-8,10H2,1-5H3. The molecule has 1 heterocycles. The van der Waals surface area contributed by atoms with Crippen LogP contribution in [0.3, 0.4) is 0 Å². The number of aromatic nitrogens is 1. The van der Waals surface area contributed by atoms with Gasteiger partial charge in [-0.3, -0.25) is 4.98 Å². The number of hydrogen-bond donors (Lipinski definition) is 1. The van der Waals surface area contributed by atoms with Crippen LogP contribution in [0.4, 0.5) is 0 Å². The summed E-state index contributed by atoms with van der Waals surface area (Å²) in [6, 6.07) is 0.776. The molecule has 1 atom stereocenters. The first kappa shape index (κ1) is 15.3. The first-order valence-electron chi connectivity index (χ1n) is 7.75. The zero-order valence-corrected chi connectivity index (χ0v) is 13.5. The highest BCUT2D eigenvalue weighted by molar-refractivity contribution is 5.41. The molecule has 1 unspecified atom stereocenters. The summed E-state index contributed by atoms with van der Waals surface area (Å²) in [7, 11) is 1.74. The number of ether oxygens (including phenoxy) is 1. The minimum atomic E-state index is 0.634. The number of aryl methyl sites for hydroxylation is 1. The van der Waals surface area contributed by atoms with Crippen LogP contribution in [0.15, 0.2) is 6.20 Å². The van der Waals surface area contributed by atoms with Crippen LogP contribution < -0.4 is 10.1 Å². The topological polar surface area (TPSA) is 34.1 Å². The van der Waals surface area contributed by atoms with Gasteiger partial charge in [-0.05, 0) is 51.5 Å². The van der Waals surface area contributed by atoms with E-state index in [0.717, 1.165) is 30.3 Å². The SMILES string of the molecule is COc1c(C)cnc(CC(CNC2CC2)C(C)C)c1C. The van der Waals surface area contributed by atoms with Gasteiger partial charge in [0.2, 0.25) is 0 Å². The second-order valence-corrected chi connectivity index (χ2v) is 6.44. The highest BCUT2D eigenvalue weighted by Crippen LogP contribution is 2.27. The highest BCUT2D eigenvalue weighted by Gasteiger charge is 2.24. The lowest BCUT2D eigenvalue weighted by Crippen LogP contribution is -2.29. The van der Waals surface area contributed by atoms with Crippen LogP contribution in [0.1, 0.15) is 43.5 Å². The maximum atomic E-state index is 5.51. The monoisotopic (exact) mass is 276 g/mol. The van der Waals surface area contributed by atoms with Gasteiger partial charge in [0.25, 0.3) is 0 Å². The summed E-state index contributed by atoms with van der Waals surface area (Å²) in [5.41, 5.74) is 3.50. The van der Waals surface area contributed by atoms with Crippen LogP contribution in [-0.2, 0) is 6.42 Å². The van der Waals surface area contributed by atoms with Crippen molar-refractivity contribution in [3.8, 4) is 5.75 Å². The summed E-state index contributed by atoms with van der Waals surface area (Å²) in [4.78, 5) is 4.64. The smallest absolute Gasteiger partial charge is 0.128 e. The molecule has 20 heavy (non-hydrogen) atoms. The molecule has 0 amide bonds. The number of methoxy groups -OCH3 is 1. The fourth-order valence-electron chi connectivity index (χ4n) is 2.67. The molecule has 0 bridgehead atoms. The average Bonchev–Trinajstić information content (AvgIpc) is 3.21. The van der Waals surface area contributed by atoms with E-state index in [9.17, 15) is 0 Å². The fraction of sp³-hybridized carbons (Fsp3) is 0.706. The summed E-state index contributed by atoms with van der Waals surface area (Å²) < 4.78 is 5.51. The molecular weight excluding hydrogens is 248 g/mol. The molecule has 112 valence electrons. The van der Waals surface area contributed by atoms with Crippen LogP contribution in [0.2, 0.25) is 0 Å². The molecule has 3 nitrogen and oxygen atoms in total. The molecular formula is C17H28N2O. The van der Waals surface area contributed by atoms with E-state index >= 15 is 0 Å². The Kier molecular flexibility index (Phi) is 5.03. The minimum Gasteiger partial charge on any atom is -0.496 e. The summed E-state index contributed by atoms with van der Waals surface area (Å²) in [5.74, 6) is 2.29. The second kappa shape index (κ2) is 6.57. The molecule has 0 spiro atoms. The zero-order valence-electron chi connectivity index (χ0n) is 13.5. The summed E-state index contributed by atoms with van der Waals surface area (Å²) in [6.45, 7) is 9.89. The lowest BCUT2D eigenvalue weighted by atomic mass is 9.89. The van der Waals surface area contributed by atoms with Crippen molar-refractivity contribution in [2.24, 2.45) is 11.8 Å². The maximum absolute atomic E-state index is 5.51. The predicted octanol–water partition coefficient (Wildman–Crippen LogP) is 3.27. The molecule has 1 N–H and O–H groups in total. The number of pyridine rings is 1. The summed E-state index contributed by atoms with van der Waals surface area (Å²) in [6.07, 6.45) is 5.66. The van der Waals surface area contributed by atoms with Crippen LogP contribution in [0.5, 0.6) is 5.75 Å². The minimum absolute atomic E-state index is 0.634. The van der Waals surface area contributed by atoms with Crippen LogP contribution >= 0.6 is 0 Å². The molecule has 1 aliphatic rings. The van der Waals surface area contributed by atoms with Crippen molar-refractivity contribution in [3.05, 3.63) is 23.0 Å². The van der Waals surface area contributed by atoms with Gasteiger partial charge < -0.3 is 10.1 Å². The predicted molar refractivity (Wildman–Crippen MR) is 83.3 cm³/mol. The number of nitrogens with zero attached hydrogens (tertiary/aromatic N) is 1. The number of nitrogens with one attached hydrogen (secondary N) is 1. The lowest BCUT2D eigenvalue weighted by Gasteiger charge is -2.22. The Morgan fingerprint density at radius 3 is 2.60 bits per heavy atom. The van der Waals surface area contributed by atoms with Gasteiger partial charge in [0.15, 0.2) is 0 Å². The molecule has 1 aromatic rings. The lowest BCUT2D eigenvalue weighted by molar-refractivity contribution is 0.354. The largest absolute Gasteiger partial charge is 0.496 e. The van der Waals surface area contributed by atoms with Crippen molar-refractivity contribution in [2.45, 2.75) is 53.0 Å². The van der Waals surface area contributed by atoms with E-state index in [1.165, 1.54) is 24.1 Å². The first-order chi connectivity index (χ1) is 9.52. The van der Waals surface area contributed by atoms with E-state index in [4.69, 9.17) is 4.74 Å².